The molecule has 12 heavy (non-hydrogen) atoms. The second-order valence-electron chi connectivity index (χ2n) is 3.49. The van der Waals surface area contributed by atoms with Crippen LogP contribution in [-0.2, 0) is 0 Å². The lowest BCUT2D eigenvalue weighted by molar-refractivity contribution is 0.466. The Balaban J connectivity index is 2.08. The maximum Gasteiger partial charge on any atom is 0.00916 e. The number of thiophene rings is 1. The Morgan fingerprint density at radius 3 is 3.00 bits per heavy atom. The molecule has 1 nitrogen and oxygen atoms in total. The monoisotopic (exact) mass is 181 g/mol. The van der Waals surface area contributed by atoms with Crippen molar-refractivity contribution in [2.45, 2.75) is 25.7 Å². The minimum Gasteiger partial charge on any atom is -0.316 e. The van der Waals surface area contributed by atoms with Crippen LogP contribution < -0.4 is 5.32 Å². The molecule has 66 valence electrons. The second kappa shape index (κ2) is 3.58. The number of aryl methyl sites for hydroxylation is 1. The van der Waals surface area contributed by atoms with Crippen molar-refractivity contribution in [3.8, 4) is 0 Å². The summed E-state index contributed by atoms with van der Waals surface area (Å²) in [6.07, 6.45) is 2.70. The van der Waals surface area contributed by atoms with E-state index in [2.05, 4.69) is 24.4 Å². The third-order valence-corrected chi connectivity index (χ3v) is 3.62. The third kappa shape index (κ3) is 1.70. The molecule has 1 fully saturated rings. The molecule has 0 aliphatic carbocycles. The van der Waals surface area contributed by atoms with Crippen LogP contribution in [0.5, 0.6) is 0 Å². The van der Waals surface area contributed by atoms with Gasteiger partial charge in [0.2, 0.25) is 0 Å². The highest BCUT2D eigenvalue weighted by molar-refractivity contribution is 7.12. The van der Waals surface area contributed by atoms with E-state index in [9.17, 15) is 0 Å². The number of rotatable bonds is 1. The lowest BCUT2D eigenvalue weighted by Gasteiger charge is -2.21. The molecule has 0 radical (unpaired) electrons. The highest BCUT2D eigenvalue weighted by Crippen LogP contribution is 2.28. The quantitative estimate of drug-likeness (QED) is 0.702. The molecule has 1 aromatic heterocycles. The van der Waals surface area contributed by atoms with Crippen molar-refractivity contribution in [1.82, 2.24) is 5.32 Å². The predicted molar refractivity (Wildman–Crippen MR) is 53.9 cm³/mol. The van der Waals surface area contributed by atoms with Gasteiger partial charge in [-0.1, -0.05) is 0 Å². The Hall–Kier alpha value is -0.340. The number of piperidine rings is 1. The smallest absolute Gasteiger partial charge is 0.00916 e. The van der Waals surface area contributed by atoms with Crippen molar-refractivity contribution in [1.29, 1.82) is 0 Å². The van der Waals surface area contributed by atoms with Gasteiger partial charge in [-0.25, -0.2) is 0 Å². The first-order valence-corrected chi connectivity index (χ1v) is 5.45. The summed E-state index contributed by atoms with van der Waals surface area (Å²) in [5.74, 6) is 0.789. The highest BCUT2D eigenvalue weighted by Gasteiger charge is 2.15. The van der Waals surface area contributed by atoms with Gasteiger partial charge in [-0.15, -0.1) is 11.3 Å². The first kappa shape index (κ1) is 8.27. The van der Waals surface area contributed by atoms with E-state index in [4.69, 9.17) is 0 Å². The molecule has 0 saturated carbocycles. The van der Waals surface area contributed by atoms with Crippen molar-refractivity contribution in [3.63, 3.8) is 0 Å². The lowest BCUT2D eigenvalue weighted by atomic mass is 9.98. The molecule has 0 aromatic carbocycles. The molecule has 0 spiro atoms. The molecule has 1 aliphatic rings. The normalized spacial score (nSPS) is 24.2. The van der Waals surface area contributed by atoms with Gasteiger partial charge in [0.05, 0.1) is 0 Å². The summed E-state index contributed by atoms with van der Waals surface area (Å²) in [7, 11) is 0. The van der Waals surface area contributed by atoms with Crippen LogP contribution in [0.25, 0.3) is 0 Å². The van der Waals surface area contributed by atoms with Crippen LogP contribution in [0.15, 0.2) is 12.1 Å². The number of hydrogen-bond donors (Lipinski definition) is 1. The summed E-state index contributed by atoms with van der Waals surface area (Å²) in [4.78, 5) is 3.01. The molecule has 1 saturated heterocycles. The molecule has 2 heteroatoms. The van der Waals surface area contributed by atoms with Crippen LogP contribution in [0.3, 0.4) is 0 Å². The molecule has 1 unspecified atom stereocenters. The second-order valence-corrected chi connectivity index (χ2v) is 4.81. The van der Waals surface area contributed by atoms with Crippen LogP contribution in [0.4, 0.5) is 0 Å². The molecular weight excluding hydrogens is 166 g/mol. The highest BCUT2D eigenvalue weighted by atomic mass is 32.1. The van der Waals surface area contributed by atoms with Crippen LogP contribution in [0, 0.1) is 6.92 Å². The van der Waals surface area contributed by atoms with E-state index in [1.54, 1.807) is 4.88 Å². The van der Waals surface area contributed by atoms with Crippen molar-refractivity contribution in [3.05, 3.63) is 21.9 Å². The van der Waals surface area contributed by atoms with Gasteiger partial charge in [0, 0.05) is 22.2 Å². The third-order valence-electron chi connectivity index (χ3n) is 2.46. The predicted octanol–water partition coefficient (Wildman–Crippen LogP) is 2.52. The molecule has 0 amide bonds. The Labute approximate surface area is 77.8 Å². The van der Waals surface area contributed by atoms with Crippen LogP contribution in [-0.4, -0.2) is 13.1 Å². The Morgan fingerprint density at radius 1 is 1.50 bits per heavy atom. The minimum absolute atomic E-state index is 0.789. The van der Waals surface area contributed by atoms with E-state index in [0.717, 1.165) is 5.92 Å². The maximum atomic E-state index is 3.45. The lowest BCUT2D eigenvalue weighted by Crippen LogP contribution is -2.27. The molecule has 1 aliphatic heterocycles. The SMILES string of the molecule is Cc1ccc(C2CCCNC2)s1. The summed E-state index contributed by atoms with van der Waals surface area (Å²) in [6, 6.07) is 4.52. The largest absolute Gasteiger partial charge is 0.316 e. The molecule has 1 N–H and O–H groups in total. The molecule has 1 aromatic rings. The zero-order valence-electron chi connectivity index (χ0n) is 7.47. The van der Waals surface area contributed by atoms with Gasteiger partial charge < -0.3 is 5.32 Å². The van der Waals surface area contributed by atoms with Gasteiger partial charge in [-0.3, -0.25) is 0 Å². The van der Waals surface area contributed by atoms with E-state index in [-0.39, 0.29) is 0 Å². The van der Waals surface area contributed by atoms with Crippen LogP contribution in [0.2, 0.25) is 0 Å². The van der Waals surface area contributed by atoms with E-state index < -0.39 is 0 Å². The van der Waals surface area contributed by atoms with E-state index in [1.165, 1.54) is 30.8 Å². The minimum atomic E-state index is 0.789. The van der Waals surface area contributed by atoms with Gasteiger partial charge in [0.15, 0.2) is 0 Å². The molecule has 2 heterocycles. The average molecular weight is 181 g/mol. The topological polar surface area (TPSA) is 12.0 Å². The van der Waals surface area contributed by atoms with E-state index >= 15 is 0 Å². The summed E-state index contributed by atoms with van der Waals surface area (Å²) in [6.45, 7) is 4.57. The van der Waals surface area contributed by atoms with Gasteiger partial charge in [-0.05, 0) is 38.4 Å². The number of nitrogens with one attached hydrogen (secondary N) is 1. The zero-order valence-corrected chi connectivity index (χ0v) is 8.29. The maximum absolute atomic E-state index is 3.45. The van der Waals surface area contributed by atoms with Crippen LogP contribution in [0.1, 0.15) is 28.5 Å². The average Bonchev–Trinajstić information content (AvgIpc) is 2.54. The summed E-state index contributed by atoms with van der Waals surface area (Å²) >= 11 is 1.95. The van der Waals surface area contributed by atoms with Crippen molar-refractivity contribution in [2.24, 2.45) is 0 Å². The van der Waals surface area contributed by atoms with Crippen molar-refractivity contribution in [2.75, 3.05) is 13.1 Å². The Kier molecular flexibility index (Phi) is 2.47. The van der Waals surface area contributed by atoms with E-state index in [1.807, 2.05) is 11.3 Å². The van der Waals surface area contributed by atoms with Gasteiger partial charge in [0.25, 0.3) is 0 Å². The first-order valence-electron chi connectivity index (χ1n) is 4.63. The standard InChI is InChI=1S/C10H15NS/c1-8-4-5-10(12-8)9-3-2-6-11-7-9/h4-5,9,11H,2-3,6-7H2,1H3. The van der Waals surface area contributed by atoms with Gasteiger partial charge in [-0.2, -0.15) is 0 Å². The van der Waals surface area contributed by atoms with Crippen LogP contribution >= 0.6 is 11.3 Å². The fourth-order valence-electron chi connectivity index (χ4n) is 1.77. The molecule has 1 atom stereocenters. The van der Waals surface area contributed by atoms with Crippen molar-refractivity contribution >= 4 is 11.3 Å². The summed E-state index contributed by atoms with van der Waals surface area (Å²) < 4.78 is 0. The van der Waals surface area contributed by atoms with Gasteiger partial charge >= 0.3 is 0 Å². The molecule has 0 bridgehead atoms. The Morgan fingerprint density at radius 2 is 2.42 bits per heavy atom. The number of hydrogen-bond acceptors (Lipinski definition) is 2. The molecule has 2 rings (SSSR count). The Bertz CT molecular complexity index is 248. The fraction of sp³-hybridized carbons (Fsp3) is 0.600. The first-order chi connectivity index (χ1) is 5.86. The molecular formula is C10H15NS. The van der Waals surface area contributed by atoms with Gasteiger partial charge in [0.1, 0.15) is 0 Å². The summed E-state index contributed by atoms with van der Waals surface area (Å²) in [5, 5.41) is 3.45. The fourth-order valence-corrected chi connectivity index (χ4v) is 2.78. The van der Waals surface area contributed by atoms with E-state index in [0.29, 0.717) is 0 Å². The zero-order chi connectivity index (χ0) is 8.39. The summed E-state index contributed by atoms with van der Waals surface area (Å²) in [5.41, 5.74) is 0. The van der Waals surface area contributed by atoms with Crippen molar-refractivity contribution < 1.29 is 0 Å².